The highest BCUT2D eigenvalue weighted by atomic mass is 32.1. The van der Waals surface area contributed by atoms with Crippen molar-refractivity contribution in [2.24, 2.45) is 40.9 Å². The third kappa shape index (κ3) is 4.18. The first kappa shape index (κ1) is 25.3. The molecule has 1 aliphatic heterocycles. The first-order valence-corrected chi connectivity index (χ1v) is 15.7. The van der Waals surface area contributed by atoms with Gasteiger partial charge >= 0.3 is 0 Å². The van der Waals surface area contributed by atoms with E-state index in [2.05, 4.69) is 23.7 Å². The van der Waals surface area contributed by atoms with Gasteiger partial charge in [-0.05, 0) is 119 Å². The Morgan fingerprint density at radius 3 is 2.75 bits per heavy atom. The van der Waals surface area contributed by atoms with Crippen molar-refractivity contribution >= 4 is 17.2 Å². The smallest absolute Gasteiger partial charge is 0.226 e. The Bertz CT molecular complexity index is 966. The van der Waals surface area contributed by atoms with Crippen molar-refractivity contribution < 1.29 is 14.6 Å². The number of hydrogen-bond acceptors (Lipinski definition) is 5. The lowest BCUT2D eigenvalue weighted by molar-refractivity contribution is -0.147. The summed E-state index contributed by atoms with van der Waals surface area (Å²) in [5, 5.41) is 12.3. The Kier molecular flexibility index (Phi) is 6.78. The summed E-state index contributed by atoms with van der Waals surface area (Å²) in [6.07, 6.45) is 14.5. The molecule has 0 bridgehead atoms. The third-order valence-electron chi connectivity index (χ3n) is 11.4. The number of carbonyl (C=O) groups excluding carboxylic acids is 1. The van der Waals surface area contributed by atoms with E-state index in [0.29, 0.717) is 31.0 Å². The maximum Gasteiger partial charge on any atom is 0.226 e. The number of carbonyl (C=O) groups is 1. The van der Waals surface area contributed by atoms with E-state index in [9.17, 15) is 9.90 Å². The van der Waals surface area contributed by atoms with Crippen LogP contribution in [0.15, 0.2) is 6.20 Å². The molecule has 4 saturated carbocycles. The number of ether oxygens (including phenoxy) is 1. The molecule has 5 aliphatic rings. The zero-order valence-corrected chi connectivity index (χ0v) is 23.4. The second-order valence-corrected chi connectivity index (χ2v) is 14.5. The Morgan fingerprint density at radius 2 is 1.97 bits per heavy atom. The van der Waals surface area contributed by atoms with Gasteiger partial charge in [-0.25, -0.2) is 4.98 Å². The van der Waals surface area contributed by atoms with Crippen LogP contribution in [0.5, 0.6) is 0 Å². The highest BCUT2D eigenvalue weighted by Crippen LogP contribution is 2.65. The van der Waals surface area contributed by atoms with Crippen LogP contribution in [0.25, 0.3) is 0 Å². The molecule has 200 valence electrons. The van der Waals surface area contributed by atoms with E-state index in [0.717, 1.165) is 67.8 Å². The molecule has 1 amide bonds. The monoisotopic (exact) mass is 514 g/mol. The van der Waals surface area contributed by atoms with Gasteiger partial charge in [-0.2, -0.15) is 0 Å². The number of aromatic nitrogens is 1. The molecule has 2 heterocycles. The Balaban J connectivity index is 1.16. The molecule has 5 nitrogen and oxygen atoms in total. The molecule has 0 radical (unpaired) electrons. The molecule has 9 atom stereocenters. The van der Waals surface area contributed by atoms with Gasteiger partial charge in [0.05, 0.1) is 18.2 Å². The van der Waals surface area contributed by atoms with Gasteiger partial charge < -0.3 is 14.7 Å². The Hall–Kier alpha value is -0.980. The molecule has 6 rings (SSSR count). The number of thiazole rings is 1. The lowest BCUT2D eigenvalue weighted by atomic mass is 9.49. The van der Waals surface area contributed by atoms with Crippen molar-refractivity contribution in [3.8, 4) is 0 Å². The molecule has 1 aromatic rings. The van der Waals surface area contributed by atoms with Crippen LogP contribution in [-0.2, 0) is 9.53 Å². The summed E-state index contributed by atoms with van der Waals surface area (Å²) in [5.41, 5.74) is -0.457. The minimum Gasteiger partial charge on any atom is -0.387 e. The summed E-state index contributed by atoms with van der Waals surface area (Å²) in [4.78, 5) is 22.2. The number of aliphatic hydroxyl groups is 1. The number of hydrogen-bond donors (Lipinski definition) is 1. The van der Waals surface area contributed by atoms with Gasteiger partial charge in [0.25, 0.3) is 0 Å². The minimum absolute atomic E-state index is 0.154. The molecule has 1 N–H and O–H groups in total. The van der Waals surface area contributed by atoms with Gasteiger partial charge in [-0.3, -0.25) is 4.79 Å². The second-order valence-electron chi connectivity index (χ2n) is 13.2. The van der Waals surface area contributed by atoms with Crippen molar-refractivity contribution in [1.82, 2.24) is 9.88 Å². The van der Waals surface area contributed by atoms with E-state index in [-0.39, 0.29) is 17.4 Å². The molecule has 1 saturated heterocycles. The highest BCUT2D eigenvalue weighted by molar-refractivity contribution is 7.11. The van der Waals surface area contributed by atoms with E-state index in [1.165, 1.54) is 37.0 Å². The largest absolute Gasteiger partial charge is 0.387 e. The number of nitrogens with zero attached hydrogens (tertiary/aromatic N) is 2. The number of aryl methyl sites for hydroxylation is 1. The van der Waals surface area contributed by atoms with Crippen LogP contribution in [-0.4, -0.2) is 46.3 Å². The number of fused-ring (bicyclic) bond motifs is 5. The predicted octanol–water partition coefficient (Wildman–Crippen LogP) is 6.15. The van der Waals surface area contributed by atoms with Crippen molar-refractivity contribution in [1.29, 1.82) is 0 Å². The van der Waals surface area contributed by atoms with Crippen molar-refractivity contribution in [2.45, 2.75) is 103 Å². The fourth-order valence-corrected chi connectivity index (χ4v) is 10.7. The molecule has 4 aliphatic carbocycles. The second kappa shape index (κ2) is 9.64. The summed E-state index contributed by atoms with van der Waals surface area (Å²) < 4.78 is 5.66. The van der Waals surface area contributed by atoms with Crippen LogP contribution in [0.3, 0.4) is 0 Å². The van der Waals surface area contributed by atoms with Crippen LogP contribution in [0.2, 0.25) is 0 Å². The molecule has 5 fully saturated rings. The number of amides is 1. The van der Waals surface area contributed by atoms with E-state index in [1.54, 1.807) is 11.3 Å². The normalized spacial score (nSPS) is 44.2. The van der Waals surface area contributed by atoms with Crippen LogP contribution in [0.1, 0.15) is 100 Å². The van der Waals surface area contributed by atoms with Gasteiger partial charge in [0.2, 0.25) is 5.91 Å². The zero-order valence-electron chi connectivity index (χ0n) is 22.6. The number of likely N-dealkylation sites (tertiary alicyclic amines) is 1. The Labute approximate surface area is 221 Å². The molecule has 6 heteroatoms. The molecule has 0 aromatic carbocycles. The predicted molar refractivity (Wildman–Crippen MR) is 143 cm³/mol. The topological polar surface area (TPSA) is 62.7 Å². The van der Waals surface area contributed by atoms with Gasteiger partial charge in [0.15, 0.2) is 0 Å². The van der Waals surface area contributed by atoms with E-state index >= 15 is 0 Å². The molecule has 1 aromatic heterocycles. The lowest BCUT2D eigenvalue weighted by Gasteiger charge is -2.57. The lowest BCUT2D eigenvalue weighted by Crippen LogP contribution is -2.53. The van der Waals surface area contributed by atoms with Gasteiger partial charge in [-0.1, -0.05) is 6.92 Å². The number of rotatable bonds is 5. The molecule has 0 spiro atoms. The summed E-state index contributed by atoms with van der Waals surface area (Å²) >= 11 is 1.77. The SMILES string of the molecule is CCOC[C@@]1(O)CC[C@H]2[C@H](CC[C@@H]3[C@@H]2CC[C@]2(C)[C@@H](C(=O)N4CCC[C@H]4c4ncc(C)s4)CC[C@@H]32)C1. The van der Waals surface area contributed by atoms with Crippen molar-refractivity contribution in [2.75, 3.05) is 19.8 Å². The summed E-state index contributed by atoms with van der Waals surface area (Å²) in [7, 11) is 0. The first-order chi connectivity index (χ1) is 17.3. The Morgan fingerprint density at radius 1 is 1.14 bits per heavy atom. The summed E-state index contributed by atoms with van der Waals surface area (Å²) in [6, 6.07) is 0.198. The van der Waals surface area contributed by atoms with Gasteiger partial charge in [0, 0.05) is 30.1 Å². The maximum atomic E-state index is 14.1. The fourth-order valence-electron chi connectivity index (χ4n) is 9.80. The van der Waals surface area contributed by atoms with Gasteiger partial charge in [-0.15, -0.1) is 11.3 Å². The van der Waals surface area contributed by atoms with Crippen molar-refractivity contribution in [3.05, 3.63) is 16.1 Å². The minimum atomic E-state index is -0.611. The zero-order chi connectivity index (χ0) is 25.1. The van der Waals surface area contributed by atoms with E-state index < -0.39 is 5.60 Å². The summed E-state index contributed by atoms with van der Waals surface area (Å²) in [5.74, 6) is 4.30. The van der Waals surface area contributed by atoms with E-state index in [4.69, 9.17) is 4.74 Å². The quantitative estimate of drug-likeness (QED) is 0.512. The highest BCUT2D eigenvalue weighted by Gasteiger charge is 2.60. The molecular formula is C30H46N2O3S. The van der Waals surface area contributed by atoms with Crippen molar-refractivity contribution in [3.63, 3.8) is 0 Å². The van der Waals surface area contributed by atoms with Crippen LogP contribution in [0, 0.1) is 47.8 Å². The van der Waals surface area contributed by atoms with Crippen LogP contribution < -0.4 is 0 Å². The fraction of sp³-hybridized carbons (Fsp3) is 0.867. The average molecular weight is 515 g/mol. The summed E-state index contributed by atoms with van der Waals surface area (Å²) in [6.45, 7) is 8.70. The first-order valence-electron chi connectivity index (χ1n) is 14.9. The average Bonchev–Trinajstić information content (AvgIpc) is 3.60. The molecular weight excluding hydrogens is 468 g/mol. The van der Waals surface area contributed by atoms with Gasteiger partial charge in [0.1, 0.15) is 5.01 Å². The van der Waals surface area contributed by atoms with E-state index in [1.807, 2.05) is 13.1 Å². The molecule has 0 unspecified atom stereocenters. The maximum absolute atomic E-state index is 14.1. The molecule has 36 heavy (non-hydrogen) atoms. The third-order valence-corrected chi connectivity index (χ3v) is 12.5. The van der Waals surface area contributed by atoms with Crippen LogP contribution in [0.4, 0.5) is 0 Å². The van der Waals surface area contributed by atoms with Crippen LogP contribution >= 0.6 is 11.3 Å². The standard InChI is InChI=1S/C30H46N2O3S/c1-4-35-18-30(34)14-12-21-20(16-30)7-8-23-22(21)11-13-29(3)24(23)9-10-25(29)28(33)32-15-5-6-26(32)27-31-17-19(2)36-27/h17,20-26,34H,4-16,18H2,1-3H3/t20-,21+,22-,23-,24+,25-,26+,29+,30-/m1/s1.